The Morgan fingerprint density at radius 1 is 1.15 bits per heavy atom. The molecule has 1 heterocycles. The van der Waals surface area contributed by atoms with Crippen molar-refractivity contribution in [1.29, 1.82) is 0 Å². The number of amides is 1. The molecule has 0 bridgehead atoms. The van der Waals surface area contributed by atoms with Gasteiger partial charge in [0.05, 0.1) is 11.2 Å². The molecule has 0 spiro atoms. The average molecular weight is 388 g/mol. The van der Waals surface area contributed by atoms with Crippen LogP contribution in [0.15, 0.2) is 60.9 Å². The smallest absolute Gasteiger partial charge is 0.251 e. The largest absolute Gasteiger partial charge is 0.489 e. The minimum Gasteiger partial charge on any atom is -0.489 e. The fourth-order valence-electron chi connectivity index (χ4n) is 2.46. The van der Waals surface area contributed by atoms with Crippen LogP contribution in [-0.4, -0.2) is 22.2 Å². The van der Waals surface area contributed by atoms with Crippen molar-refractivity contribution in [2.45, 2.75) is 19.6 Å². The first-order chi connectivity index (χ1) is 13.1. The number of hydrogen-bond donors (Lipinski definition) is 1. The zero-order valence-electron chi connectivity index (χ0n) is 14.6. The number of benzene rings is 2. The maximum Gasteiger partial charge on any atom is 0.251 e. The number of aryl methyl sites for hydroxylation is 1. The highest BCUT2D eigenvalue weighted by atomic mass is 35.5. The number of halogens is 2. The Kier molecular flexibility index (Phi) is 6.44. The van der Waals surface area contributed by atoms with E-state index in [4.69, 9.17) is 16.3 Å². The van der Waals surface area contributed by atoms with Crippen molar-refractivity contribution in [3.8, 4) is 5.75 Å². The van der Waals surface area contributed by atoms with E-state index in [9.17, 15) is 9.18 Å². The molecule has 0 unspecified atom stereocenters. The van der Waals surface area contributed by atoms with E-state index in [0.29, 0.717) is 36.0 Å². The summed E-state index contributed by atoms with van der Waals surface area (Å²) in [6, 6.07) is 13.0. The molecule has 7 heteroatoms. The number of ether oxygens (including phenoxy) is 1. The molecule has 3 rings (SSSR count). The van der Waals surface area contributed by atoms with Gasteiger partial charge < -0.3 is 10.1 Å². The molecule has 1 aromatic heterocycles. The molecule has 140 valence electrons. The summed E-state index contributed by atoms with van der Waals surface area (Å²) in [4.78, 5) is 12.2. The van der Waals surface area contributed by atoms with Crippen molar-refractivity contribution in [2.75, 3.05) is 6.54 Å². The molecule has 27 heavy (non-hydrogen) atoms. The number of carbonyl (C=O) groups excluding carboxylic acids is 1. The molecule has 1 amide bonds. The lowest BCUT2D eigenvalue weighted by molar-refractivity contribution is 0.0952. The fourth-order valence-corrected chi connectivity index (χ4v) is 2.61. The number of hydrogen-bond acceptors (Lipinski definition) is 3. The van der Waals surface area contributed by atoms with Gasteiger partial charge in [-0.25, -0.2) is 4.39 Å². The van der Waals surface area contributed by atoms with E-state index in [2.05, 4.69) is 10.4 Å². The quantitative estimate of drug-likeness (QED) is 0.593. The summed E-state index contributed by atoms with van der Waals surface area (Å²) in [5.41, 5.74) is 1.51. The van der Waals surface area contributed by atoms with Gasteiger partial charge in [-0.2, -0.15) is 5.10 Å². The third kappa shape index (κ3) is 5.82. The number of nitrogens with one attached hydrogen (secondary N) is 1. The topological polar surface area (TPSA) is 56.2 Å². The zero-order chi connectivity index (χ0) is 19.1. The highest BCUT2D eigenvalue weighted by Crippen LogP contribution is 2.14. The van der Waals surface area contributed by atoms with E-state index in [1.165, 1.54) is 12.1 Å². The van der Waals surface area contributed by atoms with E-state index in [1.807, 2.05) is 12.1 Å². The molecule has 1 N–H and O–H groups in total. The summed E-state index contributed by atoms with van der Waals surface area (Å²) >= 11 is 5.80. The first kappa shape index (κ1) is 18.9. The summed E-state index contributed by atoms with van der Waals surface area (Å²) in [5.74, 6) is 0.169. The van der Waals surface area contributed by atoms with E-state index in [0.717, 1.165) is 12.0 Å². The predicted octanol–water partition coefficient (Wildman–Crippen LogP) is 4.07. The maximum absolute atomic E-state index is 12.9. The van der Waals surface area contributed by atoms with Crippen molar-refractivity contribution in [3.63, 3.8) is 0 Å². The molecular weight excluding hydrogens is 369 g/mol. The Morgan fingerprint density at radius 2 is 1.89 bits per heavy atom. The van der Waals surface area contributed by atoms with E-state index in [-0.39, 0.29) is 11.7 Å². The van der Waals surface area contributed by atoms with Gasteiger partial charge in [-0.15, -0.1) is 0 Å². The molecule has 0 atom stereocenters. The van der Waals surface area contributed by atoms with Crippen LogP contribution in [0.3, 0.4) is 0 Å². The van der Waals surface area contributed by atoms with Crippen LogP contribution in [0.4, 0.5) is 4.39 Å². The lowest BCUT2D eigenvalue weighted by atomic mass is 10.1. The first-order valence-electron chi connectivity index (χ1n) is 8.53. The van der Waals surface area contributed by atoms with Crippen LogP contribution >= 0.6 is 11.6 Å². The lowest BCUT2D eigenvalue weighted by Gasteiger charge is -2.08. The molecule has 0 aliphatic carbocycles. The van der Waals surface area contributed by atoms with E-state index < -0.39 is 0 Å². The summed E-state index contributed by atoms with van der Waals surface area (Å²) in [6.45, 7) is 1.58. The highest BCUT2D eigenvalue weighted by Gasteiger charge is 2.05. The SMILES string of the molecule is O=C(NCCCn1cc(Cl)cn1)c1ccc(COc2ccc(F)cc2)cc1. The maximum atomic E-state index is 12.9. The monoisotopic (exact) mass is 387 g/mol. The fraction of sp³-hybridized carbons (Fsp3) is 0.200. The molecule has 0 saturated heterocycles. The molecule has 0 fully saturated rings. The second-order valence-corrected chi connectivity index (χ2v) is 6.41. The van der Waals surface area contributed by atoms with Crippen molar-refractivity contribution in [1.82, 2.24) is 15.1 Å². The molecule has 0 radical (unpaired) electrons. The van der Waals surface area contributed by atoms with Crippen molar-refractivity contribution < 1.29 is 13.9 Å². The summed E-state index contributed by atoms with van der Waals surface area (Å²) in [6.07, 6.45) is 4.09. The van der Waals surface area contributed by atoms with Gasteiger partial charge in [-0.3, -0.25) is 9.48 Å². The summed E-state index contributed by atoms with van der Waals surface area (Å²) in [5, 5.41) is 7.56. The average Bonchev–Trinajstić information content (AvgIpc) is 3.10. The Hall–Kier alpha value is -2.86. The number of aromatic nitrogens is 2. The van der Waals surface area contributed by atoms with Crippen molar-refractivity contribution in [3.05, 3.63) is 82.9 Å². The molecule has 0 saturated carbocycles. The standard InChI is InChI=1S/C20H19ClFN3O2/c21-17-12-24-25(13-17)11-1-10-23-20(26)16-4-2-15(3-5-16)14-27-19-8-6-18(22)7-9-19/h2-9,12-13H,1,10-11,14H2,(H,23,26). The van der Waals surface area contributed by atoms with Crippen LogP contribution in [0.2, 0.25) is 5.02 Å². The van der Waals surface area contributed by atoms with Gasteiger partial charge in [0.1, 0.15) is 18.2 Å². The predicted molar refractivity (Wildman–Crippen MR) is 101 cm³/mol. The number of carbonyl (C=O) groups is 1. The Morgan fingerprint density at radius 3 is 2.56 bits per heavy atom. The minimum absolute atomic E-state index is 0.125. The van der Waals surface area contributed by atoms with Gasteiger partial charge in [0.15, 0.2) is 0 Å². The summed E-state index contributed by atoms with van der Waals surface area (Å²) < 4.78 is 20.2. The first-order valence-corrected chi connectivity index (χ1v) is 8.91. The molecule has 0 aliphatic heterocycles. The Bertz CT molecular complexity index is 879. The number of nitrogens with zero attached hydrogens (tertiary/aromatic N) is 2. The molecule has 3 aromatic rings. The van der Waals surface area contributed by atoms with Crippen LogP contribution in [0.1, 0.15) is 22.3 Å². The van der Waals surface area contributed by atoms with Crippen molar-refractivity contribution in [2.24, 2.45) is 0 Å². The third-order valence-electron chi connectivity index (χ3n) is 3.89. The molecule has 2 aromatic carbocycles. The van der Waals surface area contributed by atoms with Crippen LogP contribution in [-0.2, 0) is 13.2 Å². The normalized spacial score (nSPS) is 10.6. The second-order valence-electron chi connectivity index (χ2n) is 5.97. The van der Waals surface area contributed by atoms with Crippen LogP contribution < -0.4 is 10.1 Å². The third-order valence-corrected chi connectivity index (χ3v) is 4.08. The summed E-state index contributed by atoms with van der Waals surface area (Å²) in [7, 11) is 0. The highest BCUT2D eigenvalue weighted by molar-refractivity contribution is 6.30. The van der Waals surface area contributed by atoms with Gasteiger partial charge in [0.2, 0.25) is 0 Å². The van der Waals surface area contributed by atoms with Gasteiger partial charge in [0.25, 0.3) is 5.91 Å². The van der Waals surface area contributed by atoms with Gasteiger partial charge in [-0.1, -0.05) is 23.7 Å². The molecule has 0 aliphatic rings. The van der Waals surface area contributed by atoms with Gasteiger partial charge in [-0.05, 0) is 48.4 Å². The minimum atomic E-state index is -0.300. The molecule has 5 nitrogen and oxygen atoms in total. The number of rotatable bonds is 8. The molecular formula is C20H19ClFN3O2. The Labute approximate surface area is 161 Å². The van der Waals surface area contributed by atoms with E-state index in [1.54, 1.807) is 41.3 Å². The van der Waals surface area contributed by atoms with Crippen LogP contribution in [0, 0.1) is 5.82 Å². The Balaban J connectivity index is 1.42. The second kappa shape index (κ2) is 9.19. The van der Waals surface area contributed by atoms with Crippen LogP contribution in [0.25, 0.3) is 0 Å². The van der Waals surface area contributed by atoms with Crippen molar-refractivity contribution >= 4 is 17.5 Å². The van der Waals surface area contributed by atoms with Crippen LogP contribution in [0.5, 0.6) is 5.75 Å². The van der Waals surface area contributed by atoms with Gasteiger partial charge >= 0.3 is 0 Å². The van der Waals surface area contributed by atoms with Gasteiger partial charge in [0, 0.05) is 24.8 Å². The van der Waals surface area contributed by atoms with E-state index >= 15 is 0 Å². The lowest BCUT2D eigenvalue weighted by Crippen LogP contribution is -2.25. The zero-order valence-corrected chi connectivity index (χ0v) is 15.3.